The van der Waals surface area contributed by atoms with E-state index in [1.165, 1.54) is 55.2 Å². The second-order valence-electron chi connectivity index (χ2n) is 10.2. The molecule has 6 nitrogen and oxygen atoms in total. The van der Waals surface area contributed by atoms with Crippen molar-refractivity contribution < 1.29 is 23.5 Å². The standard InChI is InChI=1S/C17H31NO3.C9H10FNO.C2H2/c1-17(2,3)21-16(19)18-11-9-14(10-12-18)13-20-15-7-5-4-6-8-15;1-11(2)9(12)7-4-3-5-8(10)6-7;1-2/h14-15H,4-13H2,1-3H3;3-6H,1-2H3;1-2H. The summed E-state index contributed by atoms with van der Waals surface area (Å²) in [6, 6.07) is 5.65. The van der Waals surface area contributed by atoms with Crippen LogP contribution in [0.5, 0.6) is 0 Å². The Morgan fingerprint density at radius 2 is 1.66 bits per heavy atom. The van der Waals surface area contributed by atoms with Gasteiger partial charge in [-0.25, -0.2) is 9.18 Å². The molecule has 1 heterocycles. The Balaban J connectivity index is 0.000000372. The van der Waals surface area contributed by atoms with Crippen LogP contribution in [0.1, 0.15) is 76.1 Å². The summed E-state index contributed by atoms with van der Waals surface area (Å²) in [5.74, 6) is 0.0304. The van der Waals surface area contributed by atoms with Gasteiger partial charge in [0.2, 0.25) is 0 Å². The Labute approximate surface area is 211 Å². The number of benzene rings is 1. The van der Waals surface area contributed by atoms with Crippen LogP contribution in [0.15, 0.2) is 24.3 Å². The van der Waals surface area contributed by atoms with Crippen molar-refractivity contribution in [3.8, 4) is 12.8 Å². The number of ether oxygens (including phenoxy) is 2. The van der Waals surface area contributed by atoms with Gasteiger partial charge in [0.05, 0.1) is 6.10 Å². The smallest absolute Gasteiger partial charge is 0.410 e. The number of carbonyl (C=O) groups excluding carboxylic acids is 2. The molecule has 0 N–H and O–H groups in total. The third-order valence-corrected chi connectivity index (χ3v) is 5.86. The number of hydrogen-bond donors (Lipinski definition) is 0. The molecule has 2 aliphatic rings. The van der Waals surface area contributed by atoms with Gasteiger partial charge < -0.3 is 19.3 Å². The van der Waals surface area contributed by atoms with Crippen molar-refractivity contribution in [2.45, 2.75) is 77.4 Å². The van der Waals surface area contributed by atoms with Crippen LogP contribution in [0.2, 0.25) is 0 Å². The van der Waals surface area contributed by atoms with Crippen molar-refractivity contribution >= 4 is 12.0 Å². The molecule has 1 saturated heterocycles. The lowest BCUT2D eigenvalue weighted by Gasteiger charge is -2.34. The van der Waals surface area contributed by atoms with E-state index < -0.39 is 5.60 Å². The van der Waals surface area contributed by atoms with E-state index in [-0.39, 0.29) is 17.8 Å². The Kier molecular flexibility index (Phi) is 13.4. The fourth-order valence-corrected chi connectivity index (χ4v) is 3.99. The van der Waals surface area contributed by atoms with E-state index in [2.05, 4.69) is 12.8 Å². The molecule has 7 heteroatoms. The zero-order chi connectivity index (χ0) is 26.4. The van der Waals surface area contributed by atoms with Crippen LogP contribution in [0.25, 0.3) is 0 Å². The highest BCUT2D eigenvalue weighted by Crippen LogP contribution is 2.24. The van der Waals surface area contributed by atoms with E-state index in [1.807, 2.05) is 25.7 Å². The van der Waals surface area contributed by atoms with Gasteiger partial charge in [-0.15, -0.1) is 12.8 Å². The van der Waals surface area contributed by atoms with E-state index in [1.54, 1.807) is 20.2 Å². The summed E-state index contributed by atoms with van der Waals surface area (Å²) in [5.41, 5.74) is -0.0297. The number of hydrogen-bond acceptors (Lipinski definition) is 4. The van der Waals surface area contributed by atoms with Crippen molar-refractivity contribution in [2.75, 3.05) is 33.8 Å². The van der Waals surface area contributed by atoms with Gasteiger partial charge in [-0.2, -0.15) is 0 Å². The van der Waals surface area contributed by atoms with Crippen molar-refractivity contribution in [2.24, 2.45) is 5.92 Å². The Hall–Kier alpha value is -2.59. The Morgan fingerprint density at radius 1 is 1.06 bits per heavy atom. The molecule has 1 aliphatic carbocycles. The number of likely N-dealkylation sites (tertiary alicyclic amines) is 1. The third-order valence-electron chi connectivity index (χ3n) is 5.86. The minimum atomic E-state index is -0.405. The summed E-state index contributed by atoms with van der Waals surface area (Å²) >= 11 is 0. The predicted molar refractivity (Wildman–Crippen MR) is 138 cm³/mol. The van der Waals surface area contributed by atoms with Gasteiger partial charge in [0.1, 0.15) is 11.4 Å². The number of halogens is 1. The first kappa shape index (κ1) is 30.4. The highest BCUT2D eigenvalue weighted by Gasteiger charge is 2.27. The van der Waals surface area contributed by atoms with Crippen molar-refractivity contribution in [3.05, 3.63) is 35.6 Å². The van der Waals surface area contributed by atoms with Crippen molar-refractivity contribution in [3.63, 3.8) is 0 Å². The molecule has 1 aromatic rings. The van der Waals surface area contributed by atoms with Crippen LogP contribution in [-0.2, 0) is 9.47 Å². The molecule has 0 spiro atoms. The molecule has 196 valence electrons. The molecule has 1 aliphatic heterocycles. The largest absolute Gasteiger partial charge is 0.444 e. The number of piperidine rings is 1. The highest BCUT2D eigenvalue weighted by molar-refractivity contribution is 5.93. The lowest BCUT2D eigenvalue weighted by molar-refractivity contribution is -0.0125. The average Bonchev–Trinajstić information content (AvgIpc) is 2.84. The van der Waals surface area contributed by atoms with Crippen molar-refractivity contribution in [1.29, 1.82) is 0 Å². The fourth-order valence-electron chi connectivity index (χ4n) is 3.99. The molecule has 0 aromatic heterocycles. The number of amides is 2. The van der Waals surface area contributed by atoms with Crippen LogP contribution < -0.4 is 0 Å². The summed E-state index contributed by atoms with van der Waals surface area (Å²) in [7, 11) is 3.26. The number of rotatable bonds is 4. The van der Waals surface area contributed by atoms with E-state index in [0.717, 1.165) is 32.5 Å². The Bertz CT molecular complexity index is 790. The van der Waals surface area contributed by atoms with Crippen LogP contribution in [0.4, 0.5) is 9.18 Å². The quantitative estimate of drug-likeness (QED) is 0.504. The lowest BCUT2D eigenvalue weighted by atomic mass is 9.96. The maximum atomic E-state index is 12.6. The molecule has 2 fully saturated rings. The van der Waals surface area contributed by atoms with Crippen LogP contribution >= 0.6 is 0 Å². The topological polar surface area (TPSA) is 59.1 Å². The van der Waals surface area contributed by atoms with E-state index in [4.69, 9.17) is 9.47 Å². The van der Waals surface area contributed by atoms with Gasteiger partial charge in [0, 0.05) is 39.4 Å². The summed E-state index contributed by atoms with van der Waals surface area (Å²) in [6.45, 7) is 8.20. The van der Waals surface area contributed by atoms with E-state index >= 15 is 0 Å². The maximum absolute atomic E-state index is 12.6. The second kappa shape index (κ2) is 15.4. The first-order valence-electron chi connectivity index (χ1n) is 12.4. The molecule has 2 amide bonds. The molecule has 0 radical (unpaired) electrons. The average molecular weight is 491 g/mol. The van der Waals surface area contributed by atoms with E-state index in [0.29, 0.717) is 17.6 Å². The lowest BCUT2D eigenvalue weighted by Crippen LogP contribution is -2.42. The summed E-state index contributed by atoms with van der Waals surface area (Å²) in [5, 5.41) is 0. The predicted octanol–water partition coefficient (Wildman–Crippen LogP) is 5.76. The molecule has 35 heavy (non-hydrogen) atoms. The highest BCUT2D eigenvalue weighted by atomic mass is 19.1. The summed E-state index contributed by atoms with van der Waals surface area (Å²) in [6.07, 6.45) is 16.9. The normalized spacial score (nSPS) is 16.7. The van der Waals surface area contributed by atoms with Crippen LogP contribution in [0, 0.1) is 24.6 Å². The first-order valence-corrected chi connectivity index (χ1v) is 12.4. The molecule has 1 saturated carbocycles. The van der Waals surface area contributed by atoms with Crippen LogP contribution in [0.3, 0.4) is 0 Å². The fraction of sp³-hybridized carbons (Fsp3) is 0.643. The zero-order valence-electron chi connectivity index (χ0n) is 22.1. The molecular formula is C28H43FN2O4. The molecular weight excluding hydrogens is 447 g/mol. The van der Waals surface area contributed by atoms with Gasteiger partial charge in [-0.3, -0.25) is 4.79 Å². The summed E-state index contributed by atoms with van der Waals surface area (Å²) < 4.78 is 24.1. The molecule has 0 bridgehead atoms. The van der Waals surface area contributed by atoms with Gasteiger partial charge in [0.25, 0.3) is 5.91 Å². The number of terminal acetylenes is 1. The van der Waals surface area contributed by atoms with E-state index in [9.17, 15) is 14.0 Å². The molecule has 1 aromatic carbocycles. The SMILES string of the molecule is C#C.CC(C)(C)OC(=O)N1CCC(COC2CCCCC2)CC1.CN(C)C(=O)c1cccc(F)c1. The van der Waals surface area contributed by atoms with Crippen LogP contribution in [-0.4, -0.2) is 67.3 Å². The van der Waals surface area contributed by atoms with Gasteiger partial charge >= 0.3 is 6.09 Å². The monoisotopic (exact) mass is 490 g/mol. The zero-order valence-corrected chi connectivity index (χ0v) is 22.1. The maximum Gasteiger partial charge on any atom is 0.410 e. The van der Waals surface area contributed by atoms with Gasteiger partial charge in [-0.05, 0) is 70.6 Å². The first-order chi connectivity index (χ1) is 16.5. The van der Waals surface area contributed by atoms with Gasteiger partial charge in [-0.1, -0.05) is 25.3 Å². The van der Waals surface area contributed by atoms with Gasteiger partial charge in [0.15, 0.2) is 0 Å². The minimum Gasteiger partial charge on any atom is -0.444 e. The molecule has 3 rings (SSSR count). The summed E-state index contributed by atoms with van der Waals surface area (Å²) in [4.78, 5) is 26.5. The molecule has 0 atom stereocenters. The van der Waals surface area contributed by atoms with Crippen molar-refractivity contribution in [1.82, 2.24) is 9.80 Å². The third kappa shape index (κ3) is 12.1. The molecule has 0 unspecified atom stereocenters. The minimum absolute atomic E-state index is 0.172. The Morgan fingerprint density at radius 3 is 2.17 bits per heavy atom. The number of nitrogens with zero attached hydrogens (tertiary/aromatic N) is 2. The number of carbonyl (C=O) groups is 2. The second-order valence-corrected chi connectivity index (χ2v) is 10.2.